The molecule has 1 saturated heterocycles. The van der Waals surface area contributed by atoms with E-state index >= 15 is 0 Å². The second-order valence-electron chi connectivity index (χ2n) is 5.55. The average Bonchev–Trinajstić information content (AvgIpc) is 2.74. The Labute approximate surface area is 138 Å². The maximum atomic E-state index is 11.1. The summed E-state index contributed by atoms with van der Waals surface area (Å²) in [6.07, 6.45) is 4.49. The third-order valence-corrected chi connectivity index (χ3v) is 3.19. The molecule has 5 nitrogen and oxygen atoms in total. The number of carbonyl (C=O) groups excluding carboxylic acids is 3. The lowest BCUT2D eigenvalue weighted by atomic mass is 10.1. The van der Waals surface area contributed by atoms with E-state index in [4.69, 9.17) is 9.47 Å². The topological polar surface area (TPSA) is 69.7 Å². The molecule has 0 aliphatic carbocycles. The van der Waals surface area contributed by atoms with Crippen molar-refractivity contribution in [3.05, 3.63) is 24.3 Å². The monoisotopic (exact) mass is 324 g/mol. The highest BCUT2D eigenvalue weighted by Gasteiger charge is 2.06. The van der Waals surface area contributed by atoms with Crippen LogP contribution < -0.4 is 0 Å². The number of hydrogen-bond donors (Lipinski definition) is 0. The smallest absolute Gasteiger partial charge is 0.305 e. The molecule has 0 radical (unpaired) electrons. The molecule has 0 aromatic carbocycles. The summed E-state index contributed by atoms with van der Waals surface area (Å²) in [5.41, 5.74) is 1.08. The molecular formula is C18H28O5. The first-order valence-electron chi connectivity index (χ1n) is 7.95. The SMILES string of the molecule is C=C(C)C(=O)CCOCCC(=O)C(=C)C.O=C1CCCCCO1. The minimum Gasteiger partial charge on any atom is -0.466 e. The highest BCUT2D eigenvalue weighted by atomic mass is 16.5. The molecular weight excluding hydrogens is 296 g/mol. The van der Waals surface area contributed by atoms with Crippen molar-refractivity contribution in [2.45, 2.75) is 52.4 Å². The quantitative estimate of drug-likeness (QED) is 0.390. The lowest BCUT2D eigenvalue weighted by molar-refractivity contribution is -0.142. The highest BCUT2D eigenvalue weighted by Crippen LogP contribution is 2.06. The van der Waals surface area contributed by atoms with Crippen molar-refractivity contribution in [1.29, 1.82) is 0 Å². The summed E-state index contributed by atoms with van der Waals surface area (Å²) in [5.74, 6) is -0.0232. The van der Waals surface area contributed by atoms with Gasteiger partial charge in [-0.05, 0) is 44.3 Å². The van der Waals surface area contributed by atoms with E-state index < -0.39 is 0 Å². The van der Waals surface area contributed by atoms with Gasteiger partial charge in [0, 0.05) is 19.3 Å². The summed E-state index contributed by atoms with van der Waals surface area (Å²) in [6, 6.07) is 0. The van der Waals surface area contributed by atoms with Crippen LogP contribution >= 0.6 is 0 Å². The van der Waals surface area contributed by atoms with Crippen molar-refractivity contribution >= 4 is 17.5 Å². The second kappa shape index (κ2) is 12.8. The lowest BCUT2D eigenvalue weighted by Gasteiger charge is -2.03. The molecule has 1 fully saturated rings. The van der Waals surface area contributed by atoms with E-state index in [-0.39, 0.29) is 17.5 Å². The maximum Gasteiger partial charge on any atom is 0.305 e. The number of ether oxygens (including phenoxy) is 2. The van der Waals surface area contributed by atoms with Gasteiger partial charge < -0.3 is 9.47 Å². The van der Waals surface area contributed by atoms with Crippen LogP contribution in [0, 0.1) is 0 Å². The van der Waals surface area contributed by atoms with Crippen LogP contribution in [0.15, 0.2) is 24.3 Å². The predicted molar refractivity (Wildman–Crippen MR) is 89.1 cm³/mol. The molecule has 1 aliphatic heterocycles. The molecule has 0 amide bonds. The Morgan fingerprint density at radius 2 is 1.52 bits per heavy atom. The van der Waals surface area contributed by atoms with Crippen molar-refractivity contribution in [3.63, 3.8) is 0 Å². The fourth-order valence-electron chi connectivity index (χ4n) is 1.66. The molecule has 1 heterocycles. The van der Waals surface area contributed by atoms with Gasteiger partial charge in [0.2, 0.25) is 0 Å². The molecule has 0 atom stereocenters. The standard InChI is InChI=1S/C12H18O3.C6H10O2/c1-9(2)11(13)5-7-15-8-6-12(14)10(3)4;7-6-4-2-1-3-5-8-6/h1,3,5-8H2,2,4H3;1-5H2. The van der Waals surface area contributed by atoms with Crippen molar-refractivity contribution in [1.82, 2.24) is 0 Å². The first kappa shape index (κ1) is 21.2. The molecule has 0 unspecified atom stereocenters. The van der Waals surface area contributed by atoms with Crippen molar-refractivity contribution in [2.75, 3.05) is 19.8 Å². The minimum atomic E-state index is -0.0255. The fourth-order valence-corrected chi connectivity index (χ4v) is 1.66. The van der Waals surface area contributed by atoms with Crippen molar-refractivity contribution in [2.24, 2.45) is 0 Å². The number of Topliss-reactive ketones (excluding diaryl/α,β-unsaturated/α-hetero) is 2. The molecule has 5 heteroatoms. The van der Waals surface area contributed by atoms with Gasteiger partial charge in [0.05, 0.1) is 19.8 Å². The van der Waals surface area contributed by atoms with E-state index in [1.165, 1.54) is 0 Å². The minimum absolute atomic E-state index is 0.00114. The zero-order valence-electron chi connectivity index (χ0n) is 14.3. The van der Waals surface area contributed by atoms with E-state index in [0.717, 1.165) is 19.3 Å². The Morgan fingerprint density at radius 3 is 2.00 bits per heavy atom. The lowest BCUT2D eigenvalue weighted by Crippen LogP contribution is -2.08. The van der Waals surface area contributed by atoms with Gasteiger partial charge in [0.25, 0.3) is 0 Å². The number of cyclic esters (lactones) is 1. The normalized spacial score (nSPS) is 13.9. The maximum absolute atomic E-state index is 11.1. The molecule has 1 rings (SSSR count). The third-order valence-electron chi connectivity index (χ3n) is 3.19. The first-order chi connectivity index (χ1) is 10.8. The fraction of sp³-hybridized carbons (Fsp3) is 0.611. The van der Waals surface area contributed by atoms with Gasteiger partial charge in [-0.3, -0.25) is 14.4 Å². The van der Waals surface area contributed by atoms with Crippen LogP contribution in [0.25, 0.3) is 0 Å². The van der Waals surface area contributed by atoms with Gasteiger partial charge in [0.1, 0.15) is 0 Å². The number of ketones is 2. The summed E-state index contributed by atoms with van der Waals surface area (Å²) in [6.45, 7) is 11.7. The van der Waals surface area contributed by atoms with Crippen LogP contribution in [0.5, 0.6) is 0 Å². The van der Waals surface area contributed by atoms with Gasteiger partial charge in [0.15, 0.2) is 11.6 Å². The summed E-state index contributed by atoms with van der Waals surface area (Å²) < 4.78 is 9.92. The Balaban J connectivity index is 0.000000502. The molecule has 0 aromatic rings. The Kier molecular flexibility index (Phi) is 11.8. The summed E-state index contributed by atoms with van der Waals surface area (Å²) in [7, 11) is 0. The van der Waals surface area contributed by atoms with Gasteiger partial charge in [-0.25, -0.2) is 0 Å². The van der Waals surface area contributed by atoms with Gasteiger partial charge >= 0.3 is 5.97 Å². The third kappa shape index (κ3) is 12.5. The van der Waals surface area contributed by atoms with E-state index in [1.54, 1.807) is 13.8 Å². The van der Waals surface area contributed by atoms with Crippen molar-refractivity contribution < 1.29 is 23.9 Å². The summed E-state index contributed by atoms with van der Waals surface area (Å²) in [5, 5.41) is 0. The van der Waals surface area contributed by atoms with Crippen LogP contribution in [-0.4, -0.2) is 37.4 Å². The summed E-state index contributed by atoms with van der Waals surface area (Å²) in [4.78, 5) is 32.6. The second-order valence-corrected chi connectivity index (χ2v) is 5.55. The van der Waals surface area contributed by atoms with Crippen molar-refractivity contribution in [3.8, 4) is 0 Å². The highest BCUT2D eigenvalue weighted by molar-refractivity contribution is 5.94. The molecule has 0 spiro atoms. The van der Waals surface area contributed by atoms with Crippen LogP contribution in [0.2, 0.25) is 0 Å². The van der Waals surface area contributed by atoms with Crippen LogP contribution in [0.3, 0.4) is 0 Å². The number of esters is 1. The Bertz CT molecular complexity index is 399. The van der Waals surface area contributed by atoms with Crippen LogP contribution in [0.4, 0.5) is 0 Å². The summed E-state index contributed by atoms with van der Waals surface area (Å²) >= 11 is 0. The molecule has 0 aromatic heterocycles. The predicted octanol–water partition coefficient (Wildman–Crippen LogP) is 3.18. The largest absolute Gasteiger partial charge is 0.466 e. The molecule has 0 bridgehead atoms. The number of allylic oxidation sites excluding steroid dienone is 2. The van der Waals surface area contributed by atoms with E-state index in [0.29, 0.717) is 50.2 Å². The zero-order valence-corrected chi connectivity index (χ0v) is 14.3. The van der Waals surface area contributed by atoms with Gasteiger partial charge in [-0.2, -0.15) is 0 Å². The molecule has 1 aliphatic rings. The molecule has 0 saturated carbocycles. The number of rotatable bonds is 8. The number of hydrogen-bond acceptors (Lipinski definition) is 5. The van der Waals surface area contributed by atoms with E-state index in [9.17, 15) is 14.4 Å². The number of carbonyl (C=O) groups is 3. The van der Waals surface area contributed by atoms with Gasteiger partial charge in [-0.15, -0.1) is 0 Å². The molecule has 0 N–H and O–H groups in total. The molecule has 23 heavy (non-hydrogen) atoms. The average molecular weight is 324 g/mol. The van der Waals surface area contributed by atoms with Crippen LogP contribution in [-0.2, 0) is 23.9 Å². The van der Waals surface area contributed by atoms with Crippen LogP contribution in [0.1, 0.15) is 52.4 Å². The van der Waals surface area contributed by atoms with E-state index in [1.807, 2.05) is 0 Å². The Morgan fingerprint density at radius 1 is 1.00 bits per heavy atom. The van der Waals surface area contributed by atoms with Gasteiger partial charge in [-0.1, -0.05) is 13.2 Å². The van der Waals surface area contributed by atoms with E-state index in [2.05, 4.69) is 13.2 Å². The molecule has 130 valence electrons. The Hall–Kier alpha value is -1.75. The zero-order chi connectivity index (χ0) is 17.7. The first-order valence-corrected chi connectivity index (χ1v) is 7.95.